The molecule has 0 aromatic rings. The van der Waals surface area contributed by atoms with Crippen molar-refractivity contribution in [2.24, 2.45) is 10.8 Å². The zero-order valence-electron chi connectivity index (χ0n) is 10.5. The quantitative estimate of drug-likeness (QED) is 0.584. The zero-order valence-corrected chi connectivity index (χ0v) is 10.5. The third-order valence-electron chi connectivity index (χ3n) is 3.06. The van der Waals surface area contributed by atoms with Crippen molar-refractivity contribution in [2.45, 2.75) is 60.0 Å². The largest absolute Gasteiger partial charge is 0.306 e. The van der Waals surface area contributed by atoms with Gasteiger partial charge < -0.3 is 5.32 Å². The first-order valence-corrected chi connectivity index (χ1v) is 5.64. The summed E-state index contributed by atoms with van der Waals surface area (Å²) in [5.74, 6) is 0. The molecule has 14 heavy (non-hydrogen) atoms. The van der Waals surface area contributed by atoms with Crippen molar-refractivity contribution in [1.29, 1.82) is 0 Å². The van der Waals surface area contributed by atoms with Gasteiger partial charge in [0.25, 0.3) is 0 Å². The maximum Gasteiger partial charge on any atom is 0.0301 e. The molecule has 0 aromatic carbocycles. The Morgan fingerprint density at radius 1 is 1.00 bits per heavy atom. The minimum absolute atomic E-state index is 0.320. The van der Waals surface area contributed by atoms with E-state index in [0.29, 0.717) is 22.9 Å². The summed E-state index contributed by atoms with van der Waals surface area (Å²) in [5.41, 5.74) is 0.675. The predicted molar refractivity (Wildman–Crippen MR) is 63.4 cm³/mol. The van der Waals surface area contributed by atoms with Gasteiger partial charge in [0, 0.05) is 12.1 Å². The molecule has 0 unspecified atom stereocenters. The summed E-state index contributed by atoms with van der Waals surface area (Å²) in [7, 11) is 0. The molecule has 0 saturated carbocycles. The van der Waals surface area contributed by atoms with E-state index in [1.165, 1.54) is 0 Å². The molecule has 1 heterocycles. The van der Waals surface area contributed by atoms with Gasteiger partial charge in [-0.05, 0) is 17.3 Å². The van der Waals surface area contributed by atoms with E-state index < -0.39 is 0 Å². The molecule has 0 aromatic heterocycles. The van der Waals surface area contributed by atoms with E-state index in [-0.39, 0.29) is 0 Å². The van der Waals surface area contributed by atoms with Crippen LogP contribution in [0, 0.1) is 10.8 Å². The van der Waals surface area contributed by atoms with E-state index in [1.807, 2.05) is 0 Å². The summed E-state index contributed by atoms with van der Waals surface area (Å²) in [6.07, 6.45) is 5.82. The number of nitrogens with one attached hydrogen (secondary N) is 1. The molecular formula is C13H25N. The number of rotatable bonds is 0. The van der Waals surface area contributed by atoms with Crippen LogP contribution in [0.15, 0.2) is 12.2 Å². The lowest BCUT2D eigenvalue weighted by Gasteiger charge is -2.41. The molecule has 0 radical (unpaired) electrons. The highest BCUT2D eigenvalue weighted by molar-refractivity contribution is 5.07. The first-order valence-electron chi connectivity index (χ1n) is 5.64. The minimum Gasteiger partial charge on any atom is -0.306 e. The highest BCUT2D eigenvalue weighted by Gasteiger charge is 2.32. The number of hydrogen-bond donors (Lipinski definition) is 1. The van der Waals surface area contributed by atoms with Gasteiger partial charge in [-0.25, -0.2) is 0 Å². The lowest BCUT2D eigenvalue weighted by Crippen LogP contribution is -2.51. The maximum atomic E-state index is 3.75. The van der Waals surface area contributed by atoms with Gasteiger partial charge in [-0.15, -0.1) is 0 Å². The highest BCUT2D eigenvalue weighted by Crippen LogP contribution is 2.30. The van der Waals surface area contributed by atoms with Crippen LogP contribution in [0.4, 0.5) is 0 Å². The van der Waals surface area contributed by atoms with Crippen molar-refractivity contribution in [2.75, 3.05) is 0 Å². The van der Waals surface area contributed by atoms with Gasteiger partial charge in [0.15, 0.2) is 0 Å². The maximum absolute atomic E-state index is 3.75. The van der Waals surface area contributed by atoms with Gasteiger partial charge in [0.05, 0.1) is 0 Å². The van der Waals surface area contributed by atoms with Crippen LogP contribution < -0.4 is 5.32 Å². The molecule has 1 nitrogen and oxygen atoms in total. The molecule has 1 aliphatic heterocycles. The monoisotopic (exact) mass is 195 g/mol. The Morgan fingerprint density at radius 2 is 1.57 bits per heavy atom. The fourth-order valence-electron chi connectivity index (χ4n) is 1.83. The van der Waals surface area contributed by atoms with E-state index in [0.717, 1.165) is 6.42 Å². The summed E-state index contributed by atoms with van der Waals surface area (Å²) in [4.78, 5) is 0. The average Bonchev–Trinajstić information content (AvgIpc) is 2.01. The summed E-state index contributed by atoms with van der Waals surface area (Å²) < 4.78 is 0. The molecule has 0 amide bonds. The SMILES string of the molecule is CC(C)(C)[C@@H]1C=CC[C@@H](C(C)(C)C)N1. The third kappa shape index (κ3) is 2.84. The van der Waals surface area contributed by atoms with Crippen molar-refractivity contribution < 1.29 is 0 Å². The van der Waals surface area contributed by atoms with Crippen molar-refractivity contribution in [3.8, 4) is 0 Å². The Kier molecular flexibility index (Phi) is 3.10. The minimum atomic E-state index is 0.320. The fraction of sp³-hybridized carbons (Fsp3) is 0.846. The molecule has 2 atom stereocenters. The first-order chi connectivity index (χ1) is 6.21. The molecule has 0 aliphatic carbocycles. The van der Waals surface area contributed by atoms with Crippen molar-refractivity contribution in [1.82, 2.24) is 5.32 Å². The second-order valence-electron chi connectivity index (χ2n) is 6.59. The van der Waals surface area contributed by atoms with E-state index in [4.69, 9.17) is 0 Å². The van der Waals surface area contributed by atoms with Crippen LogP contribution in [0.5, 0.6) is 0 Å². The molecule has 0 bridgehead atoms. The fourth-order valence-corrected chi connectivity index (χ4v) is 1.83. The molecule has 0 spiro atoms. The summed E-state index contributed by atoms with van der Waals surface area (Å²) >= 11 is 0. The summed E-state index contributed by atoms with van der Waals surface area (Å²) in [6.45, 7) is 13.8. The molecule has 1 N–H and O–H groups in total. The Morgan fingerprint density at radius 3 is 2.00 bits per heavy atom. The van der Waals surface area contributed by atoms with E-state index >= 15 is 0 Å². The second kappa shape index (κ2) is 3.69. The van der Waals surface area contributed by atoms with Crippen molar-refractivity contribution in [3.63, 3.8) is 0 Å². The van der Waals surface area contributed by atoms with Gasteiger partial charge in [0.2, 0.25) is 0 Å². The Bertz CT molecular complexity index is 214. The van der Waals surface area contributed by atoms with Gasteiger partial charge >= 0.3 is 0 Å². The summed E-state index contributed by atoms with van der Waals surface area (Å²) in [5, 5.41) is 3.75. The van der Waals surface area contributed by atoms with Crippen LogP contribution in [-0.2, 0) is 0 Å². The molecule has 82 valence electrons. The molecule has 0 saturated heterocycles. The van der Waals surface area contributed by atoms with E-state index in [9.17, 15) is 0 Å². The standard InChI is InChI=1S/C13H25N/c1-12(2,3)10-8-7-9-11(14-10)13(4,5)6/h7-8,10-11,14H,9H2,1-6H3/t10-,11-/m0/s1. The Hall–Kier alpha value is -0.300. The highest BCUT2D eigenvalue weighted by atomic mass is 15.0. The van der Waals surface area contributed by atoms with Crippen LogP contribution in [0.1, 0.15) is 48.0 Å². The smallest absolute Gasteiger partial charge is 0.0301 e. The van der Waals surface area contributed by atoms with E-state index in [1.54, 1.807) is 0 Å². The molecule has 1 heteroatoms. The molecule has 1 aliphatic rings. The zero-order chi connectivity index (χ0) is 11.0. The second-order valence-corrected chi connectivity index (χ2v) is 6.59. The third-order valence-corrected chi connectivity index (χ3v) is 3.06. The van der Waals surface area contributed by atoms with E-state index in [2.05, 4.69) is 59.0 Å². The van der Waals surface area contributed by atoms with Crippen LogP contribution in [0.2, 0.25) is 0 Å². The average molecular weight is 195 g/mol. The normalized spacial score (nSPS) is 29.3. The molecule has 1 rings (SSSR count). The molecular weight excluding hydrogens is 170 g/mol. The van der Waals surface area contributed by atoms with Crippen LogP contribution in [0.25, 0.3) is 0 Å². The van der Waals surface area contributed by atoms with Crippen molar-refractivity contribution in [3.05, 3.63) is 12.2 Å². The Balaban J connectivity index is 2.71. The van der Waals surface area contributed by atoms with Crippen LogP contribution in [0.3, 0.4) is 0 Å². The lowest BCUT2D eigenvalue weighted by atomic mass is 9.78. The molecule has 0 fully saturated rings. The van der Waals surface area contributed by atoms with Crippen molar-refractivity contribution >= 4 is 0 Å². The van der Waals surface area contributed by atoms with Gasteiger partial charge in [0.1, 0.15) is 0 Å². The number of hydrogen-bond acceptors (Lipinski definition) is 1. The van der Waals surface area contributed by atoms with Crippen LogP contribution >= 0.6 is 0 Å². The predicted octanol–water partition coefficient (Wildman–Crippen LogP) is 3.37. The topological polar surface area (TPSA) is 12.0 Å². The Labute approximate surface area is 89.0 Å². The van der Waals surface area contributed by atoms with Crippen LogP contribution in [-0.4, -0.2) is 12.1 Å². The van der Waals surface area contributed by atoms with Gasteiger partial charge in [-0.3, -0.25) is 0 Å². The first kappa shape index (κ1) is 11.8. The lowest BCUT2D eigenvalue weighted by molar-refractivity contribution is 0.199. The van der Waals surface area contributed by atoms with Gasteiger partial charge in [-0.2, -0.15) is 0 Å². The van der Waals surface area contributed by atoms with Gasteiger partial charge in [-0.1, -0.05) is 53.7 Å². The summed E-state index contributed by atoms with van der Waals surface area (Å²) in [6, 6.07) is 1.12.